The zero-order chi connectivity index (χ0) is 77.0. The van der Waals surface area contributed by atoms with Crippen LogP contribution in [-0.4, -0.2) is 134 Å². The summed E-state index contributed by atoms with van der Waals surface area (Å²) < 4.78 is 22.3. The molecule has 0 radical (unpaired) electrons. The minimum Gasteiger partial charge on any atom is -0.496 e. The van der Waals surface area contributed by atoms with Gasteiger partial charge in [0.15, 0.2) is 0 Å². The van der Waals surface area contributed by atoms with E-state index in [9.17, 15) is 10.2 Å². The Labute approximate surface area is 639 Å². The molecule has 0 bridgehead atoms. The summed E-state index contributed by atoms with van der Waals surface area (Å²) in [5, 5.41) is 42.7. The number of aliphatic hydroxyl groups is 2. The van der Waals surface area contributed by atoms with E-state index in [2.05, 4.69) is 121 Å². The van der Waals surface area contributed by atoms with Crippen LogP contribution in [-0.2, 0) is 0 Å². The third-order valence-corrected chi connectivity index (χ3v) is 19.5. The molecule has 2 saturated heterocycles. The van der Waals surface area contributed by atoms with Gasteiger partial charge in [-0.1, -0.05) is 48.5 Å². The molecule has 22 nitrogen and oxygen atoms in total. The maximum Gasteiger partial charge on any atom is 0.488 e. The number of aliphatic hydroxyl groups excluding tert-OH is 2. The number of pyridine rings is 4. The van der Waals surface area contributed by atoms with Crippen molar-refractivity contribution >= 4 is 103 Å². The van der Waals surface area contributed by atoms with Gasteiger partial charge >= 0.3 is 7.12 Å². The number of hydrogen-bond donors (Lipinski definition) is 8. The number of nitrogens with two attached hydrogens (primary N) is 3. The lowest BCUT2D eigenvalue weighted by Gasteiger charge is -2.25. The highest BCUT2D eigenvalue weighted by atomic mass is 79.9. The van der Waals surface area contributed by atoms with Gasteiger partial charge in [0.1, 0.15) is 57.9 Å². The molecule has 2 atom stereocenters. The van der Waals surface area contributed by atoms with Crippen LogP contribution in [0.25, 0.3) is 55.2 Å². The van der Waals surface area contributed by atoms with Gasteiger partial charge in [0.25, 0.3) is 0 Å². The lowest BCUT2D eigenvalue weighted by molar-refractivity contribution is 0.266. The predicted octanol–water partition coefficient (Wildman–Crippen LogP) is 14.6. The number of hydrogen-bond acceptors (Lipinski definition) is 22. The Bertz CT molecular complexity index is 4830. The van der Waals surface area contributed by atoms with Crippen LogP contribution < -0.4 is 56.7 Å². The van der Waals surface area contributed by atoms with E-state index in [1.165, 1.54) is 27.8 Å². The molecule has 0 saturated carbocycles. The van der Waals surface area contributed by atoms with Crippen molar-refractivity contribution in [3.05, 3.63) is 225 Å². The van der Waals surface area contributed by atoms with E-state index in [4.69, 9.17) is 67.8 Å². The van der Waals surface area contributed by atoms with Gasteiger partial charge in [0.2, 0.25) is 11.2 Å². The Hall–Kier alpha value is -10.7. The standard InChI is InChI=1S/C27H29N5O2.2C14H16N2O.C13H14ClN3O.C9H13BO3.C5H5BrN2/c1-17-13-20(14-24(34-3)18(17)2)19-10-11-25(28-15-19)30-27-29-23-9-5-4-8-22(23)26(31-27)32-12-6-7-21(32)16-33;2*1-9-6-12(7-13(17-3)10(9)2)11-4-5-14(15)16-8-11;14-13-15-11-6-2-1-5-10(11)12(16-13)17-7-3-4-9(17)8-18;1-6-4-8(10(11)12)5-9(13-3)7(6)2;6-4-1-2-5(7)8-3-4/h4-5,8-11,13-15,21,33H,6-7,12,16H2,1-3H3,(H,28,29,30,31);2*4-8H,1-3H3,(H2,15,16);1-2,5-6,9,18H,3-4,7-8H2;4-5,11-12H,1-3H3;1-3H,(H2,7,8)/t21-;;;9-;;/m0..0../s1. The van der Waals surface area contributed by atoms with Crippen molar-refractivity contribution in [1.29, 1.82) is 0 Å². The van der Waals surface area contributed by atoms with Gasteiger partial charge in [-0.15, -0.1) is 0 Å². The average molecular weight is 1530 g/mol. The number of benzene rings is 6. The molecule has 14 rings (SSSR count). The first-order valence-corrected chi connectivity index (χ1v) is 36.1. The van der Waals surface area contributed by atoms with Crippen LogP contribution in [0.4, 0.5) is 40.9 Å². The second-order valence-corrected chi connectivity index (χ2v) is 27.1. The lowest BCUT2D eigenvalue weighted by Crippen LogP contribution is -2.33. The van der Waals surface area contributed by atoms with E-state index in [1.807, 2.05) is 117 Å². The number of aryl methyl sites for hydroxylation is 4. The summed E-state index contributed by atoms with van der Waals surface area (Å²) in [5.41, 5.74) is 34.0. The van der Waals surface area contributed by atoms with E-state index in [0.717, 1.165) is 144 Å². The highest BCUT2D eigenvalue weighted by Crippen LogP contribution is 2.36. The number of nitrogen functional groups attached to an aromatic ring is 3. The van der Waals surface area contributed by atoms with Gasteiger partial charge in [0, 0.05) is 69.8 Å². The largest absolute Gasteiger partial charge is 0.496 e. The molecule has 0 unspecified atom stereocenters. The number of fused-ring (bicyclic) bond motifs is 2. The SMILES string of the molecule is COc1cc(-c2ccc(N)nc2)cc(C)c1C.COc1cc(-c2ccc(N)nc2)cc(C)c1C.COc1cc(-c2ccc(Nc3nc(N4CCC[C@H]4CO)c4ccccc4n3)nc2)cc(C)c1C.COc1cc(B(O)O)cc(C)c1C.Nc1ccc(Br)cn1.OC[C@@H]1CCCN1c1nc(Cl)nc2ccccc12. The molecule has 107 heavy (non-hydrogen) atoms. The molecule has 6 aromatic heterocycles. The molecule has 8 heterocycles. The smallest absolute Gasteiger partial charge is 0.488 e. The summed E-state index contributed by atoms with van der Waals surface area (Å²) in [6.45, 7) is 18.3. The van der Waals surface area contributed by atoms with Crippen molar-refractivity contribution in [3.8, 4) is 56.4 Å². The van der Waals surface area contributed by atoms with Gasteiger partial charge in [-0.2, -0.15) is 9.97 Å². The number of nitrogens with one attached hydrogen (secondary N) is 1. The maximum absolute atomic E-state index is 9.84. The molecule has 11 N–H and O–H groups in total. The summed E-state index contributed by atoms with van der Waals surface area (Å²) >= 11 is 9.21. The van der Waals surface area contributed by atoms with Gasteiger partial charge in [-0.05, 0) is 272 Å². The minimum atomic E-state index is -1.44. The molecular weight excluding hydrogens is 1440 g/mol. The first-order chi connectivity index (χ1) is 51.4. The Morgan fingerprint density at radius 1 is 0.467 bits per heavy atom. The van der Waals surface area contributed by atoms with E-state index < -0.39 is 7.12 Å². The summed E-state index contributed by atoms with van der Waals surface area (Å²) in [6.07, 6.45) is 11.1. The van der Waals surface area contributed by atoms with E-state index >= 15 is 0 Å². The lowest BCUT2D eigenvalue weighted by atomic mass is 9.79. The Morgan fingerprint density at radius 3 is 1.24 bits per heavy atom. The van der Waals surface area contributed by atoms with Crippen molar-refractivity contribution in [2.45, 2.75) is 93.2 Å². The van der Waals surface area contributed by atoms with E-state index in [1.54, 1.807) is 77.4 Å². The minimum absolute atomic E-state index is 0.0820. The fourth-order valence-electron chi connectivity index (χ4n) is 12.3. The fourth-order valence-corrected chi connectivity index (χ4v) is 12.7. The molecule has 0 spiro atoms. The summed E-state index contributed by atoms with van der Waals surface area (Å²) in [5.74, 6) is 7.81. The molecule has 0 amide bonds. The van der Waals surface area contributed by atoms with Gasteiger partial charge < -0.3 is 71.5 Å². The molecule has 25 heteroatoms. The molecule has 6 aromatic carbocycles. The quantitative estimate of drug-likeness (QED) is 0.0370. The number of rotatable bonds is 14. The number of halogens is 2. The van der Waals surface area contributed by atoms with Crippen molar-refractivity contribution in [2.75, 3.05) is 87.1 Å². The first kappa shape index (κ1) is 80.4. The van der Waals surface area contributed by atoms with Crippen LogP contribution in [0.2, 0.25) is 5.28 Å². The number of ether oxygens (including phenoxy) is 4. The zero-order valence-electron chi connectivity index (χ0n) is 62.4. The topological polar surface area (TPSA) is 318 Å². The highest BCUT2D eigenvalue weighted by molar-refractivity contribution is 9.10. The van der Waals surface area contributed by atoms with Crippen molar-refractivity contribution in [1.82, 2.24) is 39.9 Å². The molecule has 2 aliphatic rings. The van der Waals surface area contributed by atoms with Crippen LogP contribution in [0.1, 0.15) is 70.2 Å². The summed E-state index contributed by atoms with van der Waals surface area (Å²) in [7, 11) is 5.20. The third-order valence-electron chi connectivity index (χ3n) is 18.9. The number of para-hydroxylation sites is 2. The second-order valence-electron chi connectivity index (χ2n) is 25.9. The van der Waals surface area contributed by atoms with Gasteiger partial charge in [-0.3, -0.25) is 0 Å². The van der Waals surface area contributed by atoms with Crippen LogP contribution in [0, 0.1) is 55.4 Å². The monoisotopic (exact) mass is 1530 g/mol. The average Bonchev–Trinajstić information content (AvgIpc) is 1.77. The van der Waals surface area contributed by atoms with E-state index in [0.29, 0.717) is 40.4 Å². The van der Waals surface area contributed by atoms with Gasteiger partial charge in [0.05, 0.1) is 64.8 Å². The van der Waals surface area contributed by atoms with Crippen molar-refractivity contribution < 1.29 is 39.2 Å². The van der Waals surface area contributed by atoms with Crippen LogP contribution in [0.3, 0.4) is 0 Å². The van der Waals surface area contributed by atoms with Crippen LogP contribution in [0.5, 0.6) is 23.0 Å². The summed E-state index contributed by atoms with van der Waals surface area (Å²) in [6, 6.07) is 47.0. The number of anilines is 7. The first-order valence-electron chi connectivity index (χ1n) is 34.9. The van der Waals surface area contributed by atoms with Crippen molar-refractivity contribution in [2.24, 2.45) is 0 Å². The fraction of sp³-hybridized carbons (Fsp3) is 0.268. The van der Waals surface area contributed by atoms with Gasteiger partial charge in [-0.25, -0.2) is 29.9 Å². The normalized spacial score (nSPS) is 13.4. The maximum atomic E-state index is 9.84. The Balaban J connectivity index is 0.000000157. The zero-order valence-corrected chi connectivity index (χ0v) is 64.8. The highest BCUT2D eigenvalue weighted by Gasteiger charge is 2.29. The Kier molecular flexibility index (Phi) is 28.5. The van der Waals surface area contributed by atoms with Crippen LogP contribution in [0.15, 0.2) is 175 Å². The number of nitrogens with zero attached hydrogens (tertiary/aromatic N) is 10. The molecule has 2 aliphatic heterocycles. The third kappa shape index (κ3) is 20.9. The molecule has 12 aromatic rings. The molecular formula is C82H93BBrClN14O8. The molecule has 0 aliphatic carbocycles. The van der Waals surface area contributed by atoms with Crippen molar-refractivity contribution in [3.63, 3.8) is 0 Å². The van der Waals surface area contributed by atoms with Crippen LogP contribution >= 0.6 is 27.5 Å². The number of aromatic nitrogens is 8. The molecule has 2 fully saturated rings. The van der Waals surface area contributed by atoms with E-state index in [-0.39, 0.29) is 30.6 Å². The predicted molar refractivity (Wildman–Crippen MR) is 437 cm³/mol. The summed E-state index contributed by atoms with van der Waals surface area (Å²) in [4.78, 5) is 39.1. The Morgan fingerprint density at radius 2 is 0.860 bits per heavy atom. The number of methoxy groups -OCH3 is 4. The second kappa shape index (κ2) is 38.0. The molecule has 556 valence electrons.